The average molecular weight is 284 g/mol. The Bertz CT molecular complexity index is 538. The molecule has 4 heteroatoms. The molecule has 0 aliphatic heterocycles. The molecule has 0 aliphatic carbocycles. The van der Waals surface area contributed by atoms with Crippen LogP contribution in [0.5, 0.6) is 0 Å². The van der Waals surface area contributed by atoms with Crippen LogP contribution < -0.4 is 5.32 Å². The molecule has 1 unspecified atom stereocenters. The van der Waals surface area contributed by atoms with Crippen LogP contribution in [0.25, 0.3) is 0 Å². The van der Waals surface area contributed by atoms with Gasteiger partial charge in [0.05, 0.1) is 10.4 Å². The van der Waals surface area contributed by atoms with E-state index in [-0.39, 0.29) is 11.9 Å². The second kappa shape index (κ2) is 5.83. The Morgan fingerprint density at radius 2 is 2.11 bits per heavy atom. The molecule has 0 aliphatic rings. The summed E-state index contributed by atoms with van der Waals surface area (Å²) < 4.78 is 13.9. The minimum absolute atomic E-state index is 0.0769. The van der Waals surface area contributed by atoms with Gasteiger partial charge in [-0.2, -0.15) is 0 Å². The Balaban J connectivity index is 2.41. The Kier molecular flexibility index (Phi) is 4.38. The van der Waals surface area contributed by atoms with Crippen molar-refractivity contribution in [3.05, 3.63) is 56.5 Å². The first-order chi connectivity index (χ1) is 8.61. The summed E-state index contributed by atoms with van der Waals surface area (Å²) >= 11 is 7.54. The van der Waals surface area contributed by atoms with E-state index >= 15 is 0 Å². The van der Waals surface area contributed by atoms with Gasteiger partial charge in [0.25, 0.3) is 0 Å². The molecule has 1 heterocycles. The molecule has 1 aromatic heterocycles. The zero-order valence-corrected chi connectivity index (χ0v) is 11.9. The lowest BCUT2D eigenvalue weighted by Gasteiger charge is -2.19. The number of nitrogens with one attached hydrogen (secondary N) is 1. The Morgan fingerprint density at radius 1 is 1.33 bits per heavy atom. The fraction of sp³-hybridized carbons (Fsp3) is 0.286. The highest BCUT2D eigenvalue weighted by molar-refractivity contribution is 7.16. The number of aryl methyl sites for hydroxylation is 1. The lowest BCUT2D eigenvalue weighted by atomic mass is 10.00. The van der Waals surface area contributed by atoms with Crippen molar-refractivity contribution >= 4 is 22.9 Å². The van der Waals surface area contributed by atoms with Gasteiger partial charge in [0.2, 0.25) is 0 Å². The molecular formula is C14H15ClFNS. The third-order valence-electron chi connectivity index (χ3n) is 2.83. The van der Waals surface area contributed by atoms with Crippen LogP contribution in [-0.2, 0) is 0 Å². The molecule has 0 radical (unpaired) electrons. The zero-order chi connectivity index (χ0) is 13.1. The van der Waals surface area contributed by atoms with Gasteiger partial charge in [-0.05, 0) is 48.9 Å². The number of halogens is 2. The second-order valence-electron chi connectivity index (χ2n) is 4.13. The molecule has 1 nitrogen and oxygen atoms in total. The standard InChI is InChI=1S/C14H15ClFNS/c1-3-17-14(12-6-7-13(15)18-12)11-5-4-10(16)8-9(11)2/h4-8,14,17H,3H2,1-2H3. The van der Waals surface area contributed by atoms with E-state index < -0.39 is 0 Å². The Labute approximate surface area is 116 Å². The van der Waals surface area contributed by atoms with Crippen LogP contribution in [-0.4, -0.2) is 6.54 Å². The lowest BCUT2D eigenvalue weighted by molar-refractivity contribution is 0.613. The van der Waals surface area contributed by atoms with E-state index in [1.165, 1.54) is 6.07 Å². The smallest absolute Gasteiger partial charge is 0.123 e. The summed E-state index contributed by atoms with van der Waals surface area (Å²) in [5.74, 6) is -0.198. The number of thiophene rings is 1. The molecule has 1 N–H and O–H groups in total. The normalized spacial score (nSPS) is 12.7. The van der Waals surface area contributed by atoms with Gasteiger partial charge in [-0.3, -0.25) is 0 Å². The topological polar surface area (TPSA) is 12.0 Å². The van der Waals surface area contributed by atoms with Gasteiger partial charge < -0.3 is 5.32 Å². The van der Waals surface area contributed by atoms with Crippen LogP contribution in [0, 0.1) is 12.7 Å². The molecule has 0 saturated carbocycles. The van der Waals surface area contributed by atoms with E-state index in [0.717, 1.165) is 26.9 Å². The van der Waals surface area contributed by atoms with Gasteiger partial charge in [-0.1, -0.05) is 24.6 Å². The van der Waals surface area contributed by atoms with Crippen LogP contribution in [0.1, 0.15) is 29.0 Å². The third kappa shape index (κ3) is 2.91. The average Bonchev–Trinajstić information content (AvgIpc) is 2.73. The quantitative estimate of drug-likeness (QED) is 0.868. The number of hydrogen-bond acceptors (Lipinski definition) is 2. The summed E-state index contributed by atoms with van der Waals surface area (Å²) in [6.45, 7) is 4.83. The predicted octanol–water partition coefficient (Wildman–Crippen LogP) is 4.55. The zero-order valence-electron chi connectivity index (χ0n) is 10.3. The molecule has 1 aromatic carbocycles. The second-order valence-corrected chi connectivity index (χ2v) is 5.88. The van der Waals surface area contributed by atoms with Crippen molar-refractivity contribution in [3.8, 4) is 0 Å². The minimum Gasteiger partial charge on any atom is -0.306 e. The van der Waals surface area contributed by atoms with E-state index in [4.69, 9.17) is 11.6 Å². The van der Waals surface area contributed by atoms with Crippen molar-refractivity contribution in [2.75, 3.05) is 6.54 Å². The Hall–Kier alpha value is -0.900. The number of benzene rings is 1. The lowest BCUT2D eigenvalue weighted by Crippen LogP contribution is -2.21. The number of rotatable bonds is 4. The van der Waals surface area contributed by atoms with Gasteiger partial charge in [0, 0.05) is 4.88 Å². The van der Waals surface area contributed by atoms with Gasteiger partial charge >= 0.3 is 0 Å². The van der Waals surface area contributed by atoms with Crippen molar-refractivity contribution in [1.82, 2.24) is 5.32 Å². The predicted molar refractivity (Wildman–Crippen MR) is 76.0 cm³/mol. The van der Waals surface area contributed by atoms with Crippen LogP contribution in [0.3, 0.4) is 0 Å². The van der Waals surface area contributed by atoms with Crippen LogP contribution in [0.2, 0.25) is 4.34 Å². The minimum atomic E-state index is -0.198. The maximum Gasteiger partial charge on any atom is 0.123 e. The van der Waals surface area contributed by atoms with Crippen LogP contribution in [0.4, 0.5) is 4.39 Å². The van der Waals surface area contributed by atoms with E-state index in [0.29, 0.717) is 0 Å². The fourth-order valence-corrected chi connectivity index (χ4v) is 3.17. The van der Waals surface area contributed by atoms with E-state index in [2.05, 4.69) is 12.2 Å². The first-order valence-corrected chi connectivity index (χ1v) is 7.06. The van der Waals surface area contributed by atoms with Crippen LogP contribution >= 0.6 is 22.9 Å². The molecule has 2 aromatic rings. The summed E-state index contributed by atoms with van der Waals surface area (Å²) in [6.07, 6.45) is 0. The van der Waals surface area contributed by atoms with E-state index in [9.17, 15) is 4.39 Å². The first-order valence-electron chi connectivity index (χ1n) is 5.86. The van der Waals surface area contributed by atoms with E-state index in [1.54, 1.807) is 17.4 Å². The molecule has 0 amide bonds. The van der Waals surface area contributed by atoms with Gasteiger partial charge in [-0.25, -0.2) is 4.39 Å². The molecule has 0 spiro atoms. The maximum atomic E-state index is 13.2. The van der Waals surface area contributed by atoms with Crippen molar-refractivity contribution in [2.45, 2.75) is 19.9 Å². The maximum absolute atomic E-state index is 13.2. The van der Waals surface area contributed by atoms with Crippen molar-refractivity contribution in [1.29, 1.82) is 0 Å². The van der Waals surface area contributed by atoms with Gasteiger partial charge in [0.15, 0.2) is 0 Å². The largest absolute Gasteiger partial charge is 0.306 e. The molecule has 0 bridgehead atoms. The summed E-state index contributed by atoms with van der Waals surface area (Å²) in [5.41, 5.74) is 2.04. The third-order valence-corrected chi connectivity index (χ3v) is 4.13. The van der Waals surface area contributed by atoms with Gasteiger partial charge in [0.1, 0.15) is 5.82 Å². The van der Waals surface area contributed by atoms with Gasteiger partial charge in [-0.15, -0.1) is 11.3 Å². The first kappa shape index (κ1) is 13.5. The molecule has 96 valence electrons. The molecule has 18 heavy (non-hydrogen) atoms. The molecule has 1 atom stereocenters. The molecular weight excluding hydrogens is 269 g/mol. The molecule has 0 fully saturated rings. The fourth-order valence-electron chi connectivity index (χ4n) is 2.01. The summed E-state index contributed by atoms with van der Waals surface area (Å²) in [6, 6.07) is 8.89. The van der Waals surface area contributed by atoms with Crippen LogP contribution in [0.15, 0.2) is 30.3 Å². The molecule has 0 saturated heterocycles. The molecule has 2 rings (SSSR count). The SMILES string of the molecule is CCNC(c1ccc(Cl)s1)c1ccc(F)cc1C. The highest BCUT2D eigenvalue weighted by atomic mass is 35.5. The van der Waals surface area contributed by atoms with E-state index in [1.807, 2.05) is 25.1 Å². The highest BCUT2D eigenvalue weighted by Crippen LogP contribution is 2.32. The van der Waals surface area contributed by atoms with Crippen molar-refractivity contribution in [2.24, 2.45) is 0 Å². The summed E-state index contributed by atoms with van der Waals surface area (Å²) in [5, 5.41) is 3.42. The van der Waals surface area contributed by atoms with Crippen molar-refractivity contribution < 1.29 is 4.39 Å². The number of hydrogen-bond donors (Lipinski definition) is 1. The summed E-state index contributed by atoms with van der Waals surface area (Å²) in [4.78, 5) is 1.15. The summed E-state index contributed by atoms with van der Waals surface area (Å²) in [7, 11) is 0. The monoisotopic (exact) mass is 283 g/mol. The Morgan fingerprint density at radius 3 is 2.67 bits per heavy atom. The van der Waals surface area contributed by atoms with Crippen molar-refractivity contribution in [3.63, 3.8) is 0 Å². The highest BCUT2D eigenvalue weighted by Gasteiger charge is 2.17.